The quantitative estimate of drug-likeness (QED) is 0.424. The van der Waals surface area contributed by atoms with Crippen molar-refractivity contribution in [2.45, 2.75) is 38.1 Å². The third-order valence-corrected chi connectivity index (χ3v) is 7.18. The van der Waals surface area contributed by atoms with Crippen molar-refractivity contribution in [3.63, 3.8) is 0 Å². The third kappa shape index (κ3) is 5.43. The molecule has 176 valence electrons. The Hall–Kier alpha value is -2.89. The Labute approximate surface area is 206 Å². The number of carbonyl (C=O) groups is 1. The van der Waals surface area contributed by atoms with Gasteiger partial charge in [0.25, 0.3) is 0 Å². The number of likely N-dealkylation sites (tertiary alicyclic amines) is 1. The molecular weight excluding hydrogens is 446 g/mol. The summed E-state index contributed by atoms with van der Waals surface area (Å²) >= 11 is 6.05. The molecule has 34 heavy (non-hydrogen) atoms. The van der Waals surface area contributed by atoms with Crippen LogP contribution in [0.4, 0.5) is 0 Å². The molecule has 0 radical (unpaired) electrons. The van der Waals surface area contributed by atoms with E-state index in [4.69, 9.17) is 21.1 Å². The van der Waals surface area contributed by atoms with Gasteiger partial charge in [0.2, 0.25) is 5.91 Å². The van der Waals surface area contributed by atoms with Crippen LogP contribution in [0.15, 0.2) is 82.5 Å². The molecular formula is C28H30ClN3O2. The minimum absolute atomic E-state index is 0.0387. The Balaban J connectivity index is 1.18. The van der Waals surface area contributed by atoms with Gasteiger partial charge >= 0.3 is 0 Å². The normalized spacial score (nSPS) is 19.4. The second-order valence-corrected chi connectivity index (χ2v) is 9.69. The molecule has 5 rings (SSSR count). The van der Waals surface area contributed by atoms with Gasteiger partial charge in [-0.1, -0.05) is 54.1 Å². The van der Waals surface area contributed by atoms with Gasteiger partial charge in [0.1, 0.15) is 11.8 Å². The summed E-state index contributed by atoms with van der Waals surface area (Å²) in [7, 11) is 0. The van der Waals surface area contributed by atoms with Gasteiger partial charge in [-0.2, -0.15) is 5.10 Å². The summed E-state index contributed by atoms with van der Waals surface area (Å²) in [5.74, 6) is 1.53. The number of amides is 1. The monoisotopic (exact) mass is 475 g/mol. The Morgan fingerprint density at radius 2 is 1.76 bits per heavy atom. The van der Waals surface area contributed by atoms with Gasteiger partial charge in [-0.3, -0.25) is 4.79 Å². The minimum atomic E-state index is -0.204. The van der Waals surface area contributed by atoms with Crippen molar-refractivity contribution in [3.8, 4) is 0 Å². The first-order valence-corrected chi connectivity index (χ1v) is 12.5. The molecule has 1 amide bonds. The standard InChI is InChI=1S/C28H30ClN3O2/c29-24-10-8-23(9-11-24)25-20-26(27-7-4-18-34-27)32(30-25)28(33)14-17-31-15-12-22(13-16-31)19-21-5-2-1-3-6-21/h1-11,18,22,26H,12-17,19-20H2. The summed E-state index contributed by atoms with van der Waals surface area (Å²) < 4.78 is 5.66. The van der Waals surface area contributed by atoms with Crippen molar-refractivity contribution >= 4 is 23.2 Å². The predicted molar refractivity (Wildman–Crippen MR) is 135 cm³/mol. The Bertz CT molecular complexity index is 1100. The maximum absolute atomic E-state index is 13.3. The molecule has 1 aromatic heterocycles. The number of halogens is 1. The Morgan fingerprint density at radius 1 is 1.00 bits per heavy atom. The van der Waals surface area contributed by atoms with Gasteiger partial charge < -0.3 is 9.32 Å². The van der Waals surface area contributed by atoms with Gasteiger partial charge in [0.05, 0.1) is 12.0 Å². The summed E-state index contributed by atoms with van der Waals surface area (Å²) in [6.45, 7) is 2.86. The molecule has 3 aromatic rings. The van der Waals surface area contributed by atoms with Gasteiger partial charge in [-0.15, -0.1) is 0 Å². The van der Waals surface area contributed by atoms with Crippen LogP contribution >= 0.6 is 11.6 Å². The molecule has 1 saturated heterocycles. The summed E-state index contributed by atoms with van der Waals surface area (Å²) in [6, 6.07) is 21.9. The van der Waals surface area contributed by atoms with Crippen molar-refractivity contribution in [1.82, 2.24) is 9.91 Å². The van der Waals surface area contributed by atoms with E-state index in [1.807, 2.05) is 36.4 Å². The first-order chi connectivity index (χ1) is 16.7. The van der Waals surface area contributed by atoms with Crippen molar-refractivity contribution in [2.24, 2.45) is 11.0 Å². The van der Waals surface area contributed by atoms with Crippen LogP contribution in [0.25, 0.3) is 0 Å². The van der Waals surface area contributed by atoms with Crippen molar-refractivity contribution in [1.29, 1.82) is 0 Å². The van der Waals surface area contributed by atoms with E-state index in [1.54, 1.807) is 11.3 Å². The van der Waals surface area contributed by atoms with E-state index < -0.39 is 0 Å². The zero-order valence-corrected chi connectivity index (χ0v) is 20.0. The first-order valence-electron chi connectivity index (χ1n) is 12.1. The lowest BCUT2D eigenvalue weighted by Gasteiger charge is -2.32. The van der Waals surface area contributed by atoms with Crippen LogP contribution in [0, 0.1) is 5.92 Å². The highest BCUT2D eigenvalue weighted by Gasteiger charge is 2.35. The number of piperidine rings is 1. The van der Waals surface area contributed by atoms with Crippen LogP contribution in [0.2, 0.25) is 5.02 Å². The molecule has 0 bridgehead atoms. The number of carbonyl (C=O) groups excluding carboxylic acids is 1. The maximum atomic E-state index is 13.3. The molecule has 6 heteroatoms. The van der Waals surface area contributed by atoms with Crippen LogP contribution < -0.4 is 0 Å². The van der Waals surface area contributed by atoms with E-state index in [1.165, 1.54) is 18.4 Å². The molecule has 2 aromatic carbocycles. The van der Waals surface area contributed by atoms with Crippen LogP contribution in [0.5, 0.6) is 0 Å². The molecule has 2 aliphatic rings. The number of furan rings is 1. The number of hydrazone groups is 1. The number of nitrogens with zero attached hydrogens (tertiary/aromatic N) is 3. The number of benzene rings is 2. The fraction of sp³-hybridized carbons (Fsp3) is 0.357. The average molecular weight is 476 g/mol. The van der Waals surface area contributed by atoms with E-state index in [-0.39, 0.29) is 11.9 Å². The second-order valence-electron chi connectivity index (χ2n) is 9.25. The van der Waals surface area contributed by atoms with Gasteiger partial charge in [0, 0.05) is 24.4 Å². The van der Waals surface area contributed by atoms with Crippen LogP contribution in [-0.2, 0) is 11.2 Å². The van der Waals surface area contributed by atoms with Crippen LogP contribution in [0.3, 0.4) is 0 Å². The summed E-state index contributed by atoms with van der Waals surface area (Å²) in [4.78, 5) is 15.7. The highest BCUT2D eigenvalue weighted by molar-refractivity contribution is 6.30. The molecule has 3 heterocycles. The van der Waals surface area contributed by atoms with E-state index in [2.05, 4.69) is 35.2 Å². The van der Waals surface area contributed by atoms with E-state index in [0.29, 0.717) is 17.9 Å². The fourth-order valence-corrected chi connectivity index (χ4v) is 5.12. The summed E-state index contributed by atoms with van der Waals surface area (Å²) in [5.41, 5.74) is 3.29. The predicted octanol–water partition coefficient (Wildman–Crippen LogP) is 5.96. The molecule has 2 aliphatic heterocycles. The second kappa shape index (κ2) is 10.6. The topological polar surface area (TPSA) is 49.1 Å². The van der Waals surface area contributed by atoms with Crippen molar-refractivity contribution in [3.05, 3.63) is 94.9 Å². The SMILES string of the molecule is O=C(CCN1CCC(Cc2ccccc2)CC1)N1N=C(c2ccc(Cl)cc2)CC1c1ccco1. The zero-order chi connectivity index (χ0) is 23.3. The first kappa shape index (κ1) is 22.9. The minimum Gasteiger partial charge on any atom is -0.467 e. The lowest BCUT2D eigenvalue weighted by Crippen LogP contribution is -2.37. The Kier molecular flexibility index (Phi) is 7.12. The smallest absolute Gasteiger partial charge is 0.244 e. The molecule has 5 nitrogen and oxygen atoms in total. The van der Waals surface area contributed by atoms with E-state index >= 15 is 0 Å². The third-order valence-electron chi connectivity index (χ3n) is 6.93. The van der Waals surface area contributed by atoms with Crippen molar-refractivity contribution in [2.75, 3.05) is 19.6 Å². The van der Waals surface area contributed by atoms with Crippen LogP contribution in [-0.4, -0.2) is 41.2 Å². The van der Waals surface area contributed by atoms with E-state index in [0.717, 1.165) is 49.0 Å². The Morgan fingerprint density at radius 3 is 2.47 bits per heavy atom. The summed E-state index contributed by atoms with van der Waals surface area (Å²) in [5, 5.41) is 7.04. The van der Waals surface area contributed by atoms with Gasteiger partial charge in [0.15, 0.2) is 0 Å². The molecule has 0 spiro atoms. The highest BCUT2D eigenvalue weighted by Crippen LogP contribution is 2.34. The lowest BCUT2D eigenvalue weighted by molar-refractivity contribution is -0.133. The number of hydrogen-bond acceptors (Lipinski definition) is 4. The largest absolute Gasteiger partial charge is 0.467 e. The average Bonchev–Trinajstić information content (AvgIpc) is 3.55. The maximum Gasteiger partial charge on any atom is 0.244 e. The zero-order valence-electron chi connectivity index (χ0n) is 19.3. The molecule has 0 N–H and O–H groups in total. The molecule has 0 aliphatic carbocycles. The molecule has 1 fully saturated rings. The lowest BCUT2D eigenvalue weighted by atomic mass is 9.90. The number of rotatable bonds is 7. The summed E-state index contributed by atoms with van der Waals surface area (Å²) in [6.07, 6.45) is 6.25. The molecule has 1 unspecified atom stereocenters. The number of hydrogen-bond donors (Lipinski definition) is 0. The van der Waals surface area contributed by atoms with Gasteiger partial charge in [-0.25, -0.2) is 5.01 Å². The molecule has 1 atom stereocenters. The molecule has 0 saturated carbocycles. The van der Waals surface area contributed by atoms with Crippen LogP contribution in [0.1, 0.15) is 48.6 Å². The van der Waals surface area contributed by atoms with E-state index in [9.17, 15) is 4.79 Å². The fourth-order valence-electron chi connectivity index (χ4n) is 4.99. The van der Waals surface area contributed by atoms with Crippen molar-refractivity contribution < 1.29 is 9.21 Å². The van der Waals surface area contributed by atoms with Gasteiger partial charge in [-0.05, 0) is 73.7 Å². The highest BCUT2D eigenvalue weighted by atomic mass is 35.5.